The lowest BCUT2D eigenvalue weighted by atomic mass is 10.2. The quantitative estimate of drug-likeness (QED) is 0.913. The maximum atomic E-state index is 13.2. The van der Waals surface area contributed by atoms with E-state index < -0.39 is 6.17 Å². The normalized spacial score (nSPS) is 25.7. The monoisotopic (exact) mass is 273 g/mol. The summed E-state index contributed by atoms with van der Waals surface area (Å²) in [7, 11) is 0. The third kappa shape index (κ3) is 3.00. The molecular weight excluding hydrogens is 261 g/mol. The van der Waals surface area contributed by atoms with E-state index in [0.717, 1.165) is 10.0 Å². The van der Waals surface area contributed by atoms with Crippen molar-refractivity contribution in [3.8, 4) is 0 Å². The molecule has 15 heavy (non-hydrogen) atoms. The Labute approximate surface area is 96.9 Å². The van der Waals surface area contributed by atoms with Crippen LogP contribution >= 0.6 is 15.9 Å². The van der Waals surface area contributed by atoms with E-state index in [-0.39, 0.29) is 6.10 Å². The Morgan fingerprint density at radius 2 is 2.33 bits per heavy atom. The van der Waals surface area contributed by atoms with Gasteiger partial charge in [-0.3, -0.25) is 0 Å². The van der Waals surface area contributed by atoms with Crippen molar-refractivity contribution in [2.75, 3.05) is 13.1 Å². The number of hydrogen-bond acceptors (Lipinski definition) is 2. The molecule has 1 aromatic carbocycles. The van der Waals surface area contributed by atoms with Gasteiger partial charge in [0.25, 0.3) is 0 Å². The molecule has 2 nitrogen and oxygen atoms in total. The molecule has 1 aliphatic rings. The van der Waals surface area contributed by atoms with Gasteiger partial charge in [-0.05, 0) is 17.7 Å². The van der Waals surface area contributed by atoms with Crippen molar-refractivity contribution < 1.29 is 9.13 Å². The summed E-state index contributed by atoms with van der Waals surface area (Å²) in [5.74, 6) is 0. The third-order valence-electron chi connectivity index (χ3n) is 2.44. The van der Waals surface area contributed by atoms with Crippen molar-refractivity contribution >= 4 is 15.9 Å². The highest BCUT2D eigenvalue weighted by molar-refractivity contribution is 9.10. The van der Waals surface area contributed by atoms with Crippen LogP contribution in [0, 0.1) is 0 Å². The van der Waals surface area contributed by atoms with Crippen LogP contribution < -0.4 is 5.32 Å². The summed E-state index contributed by atoms with van der Waals surface area (Å²) in [6, 6.07) is 7.86. The van der Waals surface area contributed by atoms with E-state index in [1.165, 1.54) is 0 Å². The average Bonchev–Trinajstić information content (AvgIpc) is 2.61. The molecule has 0 spiro atoms. The first-order chi connectivity index (χ1) is 7.25. The van der Waals surface area contributed by atoms with Gasteiger partial charge in [-0.2, -0.15) is 0 Å². The first-order valence-electron chi connectivity index (χ1n) is 4.96. The van der Waals surface area contributed by atoms with Crippen LogP contribution in [-0.4, -0.2) is 25.4 Å². The predicted octanol–water partition coefficient (Wildman–Crippen LogP) is 2.28. The standard InChI is InChI=1S/C11H13BrFNO/c12-9-3-1-2-8(4-9)7-15-11-6-14-5-10(11)13/h1-4,10-11,14H,5-7H2. The highest BCUT2D eigenvalue weighted by Crippen LogP contribution is 2.15. The van der Waals surface area contributed by atoms with Crippen molar-refractivity contribution in [2.24, 2.45) is 0 Å². The van der Waals surface area contributed by atoms with Gasteiger partial charge in [0.15, 0.2) is 0 Å². The molecule has 1 fully saturated rings. The Balaban J connectivity index is 1.87. The first kappa shape index (κ1) is 11.0. The molecule has 1 aromatic rings. The van der Waals surface area contributed by atoms with Crippen LogP contribution in [0.25, 0.3) is 0 Å². The second kappa shape index (κ2) is 5.05. The van der Waals surface area contributed by atoms with Gasteiger partial charge in [0.05, 0.1) is 6.61 Å². The summed E-state index contributed by atoms with van der Waals surface area (Å²) in [5.41, 5.74) is 1.06. The molecule has 0 amide bonds. The van der Waals surface area contributed by atoms with E-state index >= 15 is 0 Å². The fourth-order valence-electron chi connectivity index (χ4n) is 1.62. The van der Waals surface area contributed by atoms with E-state index in [1.807, 2.05) is 24.3 Å². The van der Waals surface area contributed by atoms with Crippen molar-refractivity contribution in [1.82, 2.24) is 5.32 Å². The molecule has 1 N–H and O–H groups in total. The lowest BCUT2D eigenvalue weighted by molar-refractivity contribution is 0.0139. The number of hydrogen-bond donors (Lipinski definition) is 1. The first-order valence-corrected chi connectivity index (χ1v) is 5.76. The fraction of sp³-hybridized carbons (Fsp3) is 0.455. The summed E-state index contributed by atoms with van der Waals surface area (Å²) in [5, 5.41) is 2.96. The largest absolute Gasteiger partial charge is 0.369 e. The van der Waals surface area contributed by atoms with Crippen LogP contribution in [0.3, 0.4) is 0 Å². The summed E-state index contributed by atoms with van der Waals surface area (Å²) in [4.78, 5) is 0. The van der Waals surface area contributed by atoms with Crippen molar-refractivity contribution in [3.05, 3.63) is 34.3 Å². The van der Waals surface area contributed by atoms with Gasteiger partial charge in [-0.15, -0.1) is 0 Å². The number of nitrogens with one attached hydrogen (secondary N) is 1. The minimum absolute atomic E-state index is 0.302. The van der Waals surface area contributed by atoms with E-state index in [2.05, 4.69) is 21.2 Å². The zero-order valence-corrected chi connectivity index (χ0v) is 9.84. The van der Waals surface area contributed by atoms with Crippen LogP contribution in [0.4, 0.5) is 4.39 Å². The number of alkyl halides is 1. The molecule has 2 unspecified atom stereocenters. The Bertz CT molecular complexity index is 334. The second-order valence-electron chi connectivity index (χ2n) is 3.65. The Kier molecular flexibility index (Phi) is 3.72. The Hall–Kier alpha value is -0.450. The number of halogens is 2. The van der Waals surface area contributed by atoms with Crippen molar-refractivity contribution in [2.45, 2.75) is 18.9 Å². The molecule has 0 aromatic heterocycles. The van der Waals surface area contributed by atoms with Gasteiger partial charge in [0.2, 0.25) is 0 Å². The molecule has 4 heteroatoms. The predicted molar refractivity (Wildman–Crippen MR) is 60.5 cm³/mol. The molecule has 0 aliphatic carbocycles. The molecule has 0 radical (unpaired) electrons. The third-order valence-corrected chi connectivity index (χ3v) is 2.93. The molecule has 2 atom stereocenters. The second-order valence-corrected chi connectivity index (χ2v) is 4.57. The van der Waals surface area contributed by atoms with E-state index in [9.17, 15) is 4.39 Å². The number of benzene rings is 1. The van der Waals surface area contributed by atoms with Crippen LogP contribution in [0.2, 0.25) is 0 Å². The molecule has 82 valence electrons. The summed E-state index contributed by atoms with van der Waals surface area (Å²) < 4.78 is 19.7. The van der Waals surface area contributed by atoms with Gasteiger partial charge in [0.1, 0.15) is 12.3 Å². The molecule has 0 saturated carbocycles. The minimum atomic E-state index is -0.878. The lowest BCUT2D eigenvalue weighted by Crippen LogP contribution is -2.23. The SMILES string of the molecule is FC1CNCC1OCc1cccc(Br)c1. The van der Waals surface area contributed by atoms with Crippen LogP contribution in [0.15, 0.2) is 28.7 Å². The number of rotatable bonds is 3. The lowest BCUT2D eigenvalue weighted by Gasteiger charge is -2.13. The van der Waals surface area contributed by atoms with Gasteiger partial charge >= 0.3 is 0 Å². The molecule has 2 rings (SSSR count). The van der Waals surface area contributed by atoms with Crippen molar-refractivity contribution in [1.29, 1.82) is 0 Å². The fourth-order valence-corrected chi connectivity index (χ4v) is 2.06. The summed E-state index contributed by atoms with van der Waals surface area (Å²) in [6.45, 7) is 1.48. The maximum absolute atomic E-state index is 13.2. The maximum Gasteiger partial charge on any atom is 0.140 e. The highest BCUT2D eigenvalue weighted by atomic mass is 79.9. The molecule has 1 aliphatic heterocycles. The van der Waals surface area contributed by atoms with Gasteiger partial charge < -0.3 is 10.1 Å². The summed E-state index contributed by atoms with van der Waals surface area (Å²) >= 11 is 3.39. The molecular formula is C11H13BrFNO. The van der Waals surface area contributed by atoms with Crippen LogP contribution in [0.5, 0.6) is 0 Å². The van der Waals surface area contributed by atoms with Gasteiger partial charge in [-0.25, -0.2) is 4.39 Å². The van der Waals surface area contributed by atoms with E-state index in [4.69, 9.17) is 4.74 Å². The Morgan fingerprint density at radius 3 is 3.00 bits per heavy atom. The smallest absolute Gasteiger partial charge is 0.140 e. The van der Waals surface area contributed by atoms with E-state index in [1.54, 1.807) is 0 Å². The molecule has 1 saturated heterocycles. The molecule has 1 heterocycles. The van der Waals surface area contributed by atoms with Crippen LogP contribution in [-0.2, 0) is 11.3 Å². The highest BCUT2D eigenvalue weighted by Gasteiger charge is 2.27. The average molecular weight is 274 g/mol. The Morgan fingerprint density at radius 1 is 1.47 bits per heavy atom. The van der Waals surface area contributed by atoms with Crippen molar-refractivity contribution in [3.63, 3.8) is 0 Å². The van der Waals surface area contributed by atoms with Crippen LogP contribution in [0.1, 0.15) is 5.56 Å². The summed E-state index contributed by atoms with van der Waals surface area (Å²) in [6.07, 6.45) is -1.18. The molecule has 0 bridgehead atoms. The zero-order valence-electron chi connectivity index (χ0n) is 8.25. The van der Waals surface area contributed by atoms with Gasteiger partial charge in [0, 0.05) is 17.6 Å². The topological polar surface area (TPSA) is 21.3 Å². The number of ether oxygens (including phenoxy) is 1. The van der Waals surface area contributed by atoms with E-state index in [0.29, 0.717) is 19.7 Å². The zero-order chi connectivity index (χ0) is 10.7. The van der Waals surface area contributed by atoms with Gasteiger partial charge in [-0.1, -0.05) is 28.1 Å². The minimum Gasteiger partial charge on any atom is -0.369 e.